The summed E-state index contributed by atoms with van der Waals surface area (Å²) >= 11 is 0. The van der Waals surface area contributed by atoms with Crippen molar-refractivity contribution in [3.8, 4) is 5.75 Å². The number of rotatable bonds is 5. The Morgan fingerprint density at radius 1 is 1.00 bits per heavy atom. The van der Waals surface area contributed by atoms with Gasteiger partial charge in [-0.3, -0.25) is 4.79 Å². The molecule has 1 aliphatic heterocycles. The maximum atomic E-state index is 13.4. The van der Waals surface area contributed by atoms with Crippen molar-refractivity contribution in [3.05, 3.63) is 94.5 Å². The standard InChI is InChI=1S/C30H34N2O5S/c1-18-9-13-22(14-10-18)38(35,36)32-28-25-17-21(12-16-26(25)37-30(3,4)29(28)34)24-15-11-20-7-5-6-8-23(20)27(24)31-19(2)33/h5-10,12-14,16-17,24,27-29,32,34H,11,15H2,1-4H3,(H,31,33). The van der Waals surface area contributed by atoms with Crippen LogP contribution in [0, 0.1) is 6.92 Å². The van der Waals surface area contributed by atoms with Crippen molar-refractivity contribution >= 4 is 15.9 Å². The molecule has 0 saturated carbocycles. The topological polar surface area (TPSA) is 105 Å². The summed E-state index contributed by atoms with van der Waals surface area (Å²) in [5.74, 6) is 0.382. The highest BCUT2D eigenvalue weighted by Gasteiger charge is 2.45. The lowest BCUT2D eigenvalue weighted by molar-refractivity contribution is -0.119. The molecule has 4 atom stereocenters. The van der Waals surface area contributed by atoms with Crippen molar-refractivity contribution < 1.29 is 23.1 Å². The first-order chi connectivity index (χ1) is 18.0. The zero-order chi connectivity index (χ0) is 27.2. The molecule has 0 spiro atoms. The zero-order valence-electron chi connectivity index (χ0n) is 22.1. The van der Waals surface area contributed by atoms with Gasteiger partial charge < -0.3 is 15.2 Å². The van der Waals surface area contributed by atoms with Gasteiger partial charge in [-0.05, 0) is 68.5 Å². The second-order valence-corrected chi connectivity index (χ2v) is 12.6. The molecule has 200 valence electrons. The van der Waals surface area contributed by atoms with E-state index >= 15 is 0 Å². The van der Waals surface area contributed by atoms with Gasteiger partial charge in [0.1, 0.15) is 17.5 Å². The Balaban J connectivity index is 1.55. The molecule has 3 N–H and O–H groups in total. The van der Waals surface area contributed by atoms with E-state index in [9.17, 15) is 18.3 Å². The first-order valence-corrected chi connectivity index (χ1v) is 14.4. The minimum atomic E-state index is -3.93. The minimum absolute atomic E-state index is 0.0273. The van der Waals surface area contributed by atoms with Crippen LogP contribution in [0.25, 0.3) is 0 Å². The molecule has 0 saturated heterocycles. The molecule has 0 aromatic heterocycles. The van der Waals surface area contributed by atoms with Crippen molar-refractivity contribution in [2.45, 2.75) is 75.1 Å². The Labute approximate surface area is 224 Å². The highest BCUT2D eigenvalue weighted by molar-refractivity contribution is 7.89. The highest BCUT2D eigenvalue weighted by Crippen LogP contribution is 2.45. The summed E-state index contributed by atoms with van der Waals surface area (Å²) in [4.78, 5) is 12.3. The Morgan fingerprint density at radius 3 is 2.42 bits per heavy atom. The number of aliphatic hydroxyl groups excluding tert-OH is 1. The van der Waals surface area contributed by atoms with E-state index < -0.39 is 27.8 Å². The SMILES string of the molecule is CC(=O)NC1c2ccccc2CCC1c1ccc2c(c1)C(NS(=O)(=O)c1ccc(C)cc1)C(O)C(C)(C)O2. The van der Waals surface area contributed by atoms with Gasteiger partial charge in [0.2, 0.25) is 15.9 Å². The van der Waals surface area contributed by atoms with Gasteiger partial charge in [-0.2, -0.15) is 0 Å². The number of benzene rings is 3. The average molecular weight is 535 g/mol. The van der Waals surface area contributed by atoms with Crippen molar-refractivity contribution in [2.24, 2.45) is 0 Å². The number of aliphatic hydroxyl groups is 1. The number of amides is 1. The molecule has 5 rings (SSSR count). The van der Waals surface area contributed by atoms with Gasteiger partial charge in [-0.25, -0.2) is 13.1 Å². The molecule has 1 amide bonds. The number of aryl methyl sites for hydroxylation is 2. The van der Waals surface area contributed by atoms with Gasteiger partial charge in [-0.1, -0.05) is 54.1 Å². The van der Waals surface area contributed by atoms with Crippen LogP contribution in [-0.2, 0) is 21.2 Å². The number of fused-ring (bicyclic) bond motifs is 2. The molecule has 0 radical (unpaired) electrons. The molecule has 2 aliphatic rings. The molecule has 3 aromatic carbocycles. The van der Waals surface area contributed by atoms with Crippen molar-refractivity contribution in [2.75, 3.05) is 0 Å². The van der Waals surface area contributed by atoms with Crippen LogP contribution in [0.2, 0.25) is 0 Å². The van der Waals surface area contributed by atoms with Crippen LogP contribution in [0.15, 0.2) is 71.6 Å². The van der Waals surface area contributed by atoms with Crippen LogP contribution in [0.5, 0.6) is 5.75 Å². The molecule has 38 heavy (non-hydrogen) atoms. The largest absolute Gasteiger partial charge is 0.485 e. The maximum Gasteiger partial charge on any atom is 0.241 e. The molecule has 4 unspecified atom stereocenters. The van der Waals surface area contributed by atoms with Gasteiger partial charge in [-0.15, -0.1) is 0 Å². The summed E-state index contributed by atoms with van der Waals surface area (Å²) in [5.41, 5.74) is 3.76. The summed E-state index contributed by atoms with van der Waals surface area (Å²) in [5, 5.41) is 14.4. The van der Waals surface area contributed by atoms with Gasteiger partial charge in [0.05, 0.1) is 17.0 Å². The van der Waals surface area contributed by atoms with Gasteiger partial charge in [0.25, 0.3) is 0 Å². The summed E-state index contributed by atoms with van der Waals surface area (Å²) in [7, 11) is -3.93. The Morgan fingerprint density at radius 2 is 1.71 bits per heavy atom. The summed E-state index contributed by atoms with van der Waals surface area (Å²) in [6, 6.07) is 19.3. The van der Waals surface area contributed by atoms with Crippen molar-refractivity contribution in [1.29, 1.82) is 0 Å². The smallest absolute Gasteiger partial charge is 0.241 e. The molecule has 1 aliphatic carbocycles. The fourth-order valence-electron chi connectivity index (χ4n) is 5.65. The first-order valence-electron chi connectivity index (χ1n) is 12.9. The highest BCUT2D eigenvalue weighted by atomic mass is 32.2. The predicted octanol–water partition coefficient (Wildman–Crippen LogP) is 4.45. The fraction of sp³-hybridized carbons (Fsp3) is 0.367. The van der Waals surface area contributed by atoms with Crippen LogP contribution >= 0.6 is 0 Å². The third-order valence-corrected chi connectivity index (χ3v) is 9.14. The number of carbonyl (C=O) groups excluding carboxylic acids is 1. The molecular weight excluding hydrogens is 500 g/mol. The van der Waals surface area contributed by atoms with Crippen LogP contribution < -0.4 is 14.8 Å². The average Bonchev–Trinajstić information content (AvgIpc) is 2.87. The Bertz CT molecular complexity index is 1470. The number of ether oxygens (including phenoxy) is 1. The lowest BCUT2D eigenvalue weighted by atomic mass is 9.75. The van der Waals surface area contributed by atoms with E-state index in [0.717, 1.165) is 29.5 Å². The second kappa shape index (κ2) is 9.84. The van der Waals surface area contributed by atoms with Gasteiger partial charge in [0, 0.05) is 18.4 Å². The van der Waals surface area contributed by atoms with Crippen LogP contribution in [0.1, 0.15) is 73.0 Å². The van der Waals surface area contributed by atoms with E-state index in [0.29, 0.717) is 11.3 Å². The third kappa shape index (κ3) is 4.96. The summed E-state index contributed by atoms with van der Waals surface area (Å²) in [6.45, 7) is 6.90. The third-order valence-electron chi connectivity index (χ3n) is 7.69. The minimum Gasteiger partial charge on any atom is -0.485 e. The van der Waals surface area contributed by atoms with E-state index in [1.54, 1.807) is 38.1 Å². The summed E-state index contributed by atoms with van der Waals surface area (Å²) < 4.78 is 35.6. The molecule has 1 heterocycles. The number of carbonyl (C=O) groups is 1. The monoisotopic (exact) mass is 534 g/mol. The number of sulfonamides is 1. The molecule has 7 nitrogen and oxygen atoms in total. The van der Waals surface area contributed by atoms with Crippen LogP contribution in [-0.4, -0.2) is 31.1 Å². The van der Waals surface area contributed by atoms with Gasteiger partial charge in [0.15, 0.2) is 0 Å². The maximum absolute atomic E-state index is 13.4. The Hall–Kier alpha value is -3.20. The molecule has 8 heteroatoms. The molecule has 3 aromatic rings. The van der Waals surface area contributed by atoms with E-state index in [4.69, 9.17) is 4.74 Å². The lowest BCUT2D eigenvalue weighted by Crippen LogP contribution is -2.53. The predicted molar refractivity (Wildman–Crippen MR) is 145 cm³/mol. The van der Waals surface area contributed by atoms with E-state index in [1.807, 2.05) is 43.3 Å². The summed E-state index contributed by atoms with van der Waals surface area (Å²) in [6.07, 6.45) is 0.544. The fourth-order valence-corrected chi connectivity index (χ4v) is 6.87. The zero-order valence-corrected chi connectivity index (χ0v) is 22.9. The van der Waals surface area contributed by atoms with Gasteiger partial charge >= 0.3 is 0 Å². The number of hydrogen-bond donors (Lipinski definition) is 3. The lowest BCUT2D eigenvalue weighted by Gasteiger charge is -2.43. The van der Waals surface area contributed by atoms with Crippen molar-refractivity contribution in [1.82, 2.24) is 10.0 Å². The van der Waals surface area contributed by atoms with Crippen LogP contribution in [0.4, 0.5) is 0 Å². The molecular formula is C30H34N2O5S. The molecule has 0 bridgehead atoms. The first kappa shape index (κ1) is 26.4. The van der Waals surface area contributed by atoms with Crippen molar-refractivity contribution in [3.63, 3.8) is 0 Å². The quantitative estimate of drug-likeness (QED) is 0.449. The van der Waals surface area contributed by atoms with E-state index in [2.05, 4.69) is 16.1 Å². The Kier molecular flexibility index (Phi) is 6.84. The van der Waals surface area contributed by atoms with Crippen LogP contribution in [0.3, 0.4) is 0 Å². The van der Waals surface area contributed by atoms with E-state index in [1.165, 1.54) is 12.5 Å². The number of nitrogens with one attached hydrogen (secondary N) is 2. The normalized spacial score (nSPS) is 24.0. The second-order valence-electron chi connectivity index (χ2n) is 10.9. The molecule has 0 fully saturated rings. The van der Waals surface area contributed by atoms with E-state index in [-0.39, 0.29) is 22.8 Å². The number of hydrogen-bond acceptors (Lipinski definition) is 5.